The Morgan fingerprint density at radius 1 is 1.18 bits per heavy atom. The number of hydrogen-bond acceptors (Lipinski definition) is 3. The SMILES string of the molecule is O=C1NC2(CCCCC2)C(=O)N1CCOc1ccccc1Cl. The number of para-hydroxylation sites is 1. The molecule has 5 nitrogen and oxygen atoms in total. The third-order valence-corrected chi connectivity index (χ3v) is 4.67. The second kappa shape index (κ2) is 6.16. The topological polar surface area (TPSA) is 58.6 Å². The zero-order chi connectivity index (χ0) is 15.6. The smallest absolute Gasteiger partial charge is 0.325 e. The van der Waals surface area contributed by atoms with Crippen LogP contribution in [0.4, 0.5) is 4.79 Å². The highest BCUT2D eigenvalue weighted by molar-refractivity contribution is 6.32. The Labute approximate surface area is 134 Å². The van der Waals surface area contributed by atoms with Gasteiger partial charge in [-0.3, -0.25) is 9.69 Å². The summed E-state index contributed by atoms with van der Waals surface area (Å²) in [7, 11) is 0. The highest BCUT2D eigenvalue weighted by Crippen LogP contribution is 2.33. The standard InChI is InChI=1S/C16H19ClN2O3/c17-12-6-2-3-7-13(12)22-11-10-19-14(20)16(18-15(19)21)8-4-1-5-9-16/h2-3,6-7H,1,4-5,8-11H2,(H,18,21). The van der Waals surface area contributed by atoms with Gasteiger partial charge in [-0.1, -0.05) is 43.0 Å². The lowest BCUT2D eigenvalue weighted by atomic mass is 9.82. The molecular formula is C16H19ClN2O3. The highest BCUT2D eigenvalue weighted by atomic mass is 35.5. The average Bonchev–Trinajstić information content (AvgIpc) is 2.74. The normalized spacial score (nSPS) is 20.3. The van der Waals surface area contributed by atoms with Gasteiger partial charge in [-0.15, -0.1) is 0 Å². The molecule has 1 heterocycles. The van der Waals surface area contributed by atoms with Gasteiger partial charge in [0.2, 0.25) is 0 Å². The molecule has 1 saturated carbocycles. The summed E-state index contributed by atoms with van der Waals surface area (Å²) >= 11 is 6.01. The number of carbonyl (C=O) groups excluding carboxylic acids is 2. The molecule has 0 radical (unpaired) electrons. The maximum Gasteiger partial charge on any atom is 0.325 e. The van der Waals surface area contributed by atoms with Crippen molar-refractivity contribution in [2.75, 3.05) is 13.2 Å². The summed E-state index contributed by atoms with van der Waals surface area (Å²) in [6.07, 6.45) is 4.56. The molecule has 6 heteroatoms. The molecular weight excluding hydrogens is 304 g/mol. The van der Waals surface area contributed by atoms with E-state index in [1.54, 1.807) is 12.1 Å². The van der Waals surface area contributed by atoms with Crippen LogP contribution in [0.1, 0.15) is 32.1 Å². The van der Waals surface area contributed by atoms with Crippen LogP contribution in [-0.4, -0.2) is 35.5 Å². The molecule has 1 aromatic carbocycles. The van der Waals surface area contributed by atoms with Gasteiger partial charge in [-0.05, 0) is 25.0 Å². The number of urea groups is 1. The van der Waals surface area contributed by atoms with Gasteiger partial charge in [0, 0.05) is 0 Å². The van der Waals surface area contributed by atoms with Crippen LogP contribution in [0.5, 0.6) is 5.75 Å². The quantitative estimate of drug-likeness (QED) is 0.867. The van der Waals surface area contributed by atoms with Crippen LogP contribution in [0.15, 0.2) is 24.3 Å². The van der Waals surface area contributed by atoms with Crippen LogP contribution in [-0.2, 0) is 4.79 Å². The summed E-state index contributed by atoms with van der Waals surface area (Å²) in [5, 5.41) is 3.40. The predicted octanol–water partition coefficient (Wildman–Crippen LogP) is 2.97. The number of imide groups is 1. The van der Waals surface area contributed by atoms with E-state index in [-0.39, 0.29) is 25.1 Å². The van der Waals surface area contributed by atoms with Gasteiger partial charge in [0.05, 0.1) is 11.6 Å². The molecule has 3 rings (SSSR count). The maximum atomic E-state index is 12.6. The Balaban J connectivity index is 1.60. The van der Waals surface area contributed by atoms with Crippen molar-refractivity contribution in [3.8, 4) is 5.75 Å². The molecule has 0 aromatic heterocycles. The summed E-state index contributed by atoms with van der Waals surface area (Å²) in [6.45, 7) is 0.469. The Morgan fingerprint density at radius 2 is 1.91 bits per heavy atom. The second-order valence-electron chi connectivity index (χ2n) is 5.81. The van der Waals surface area contributed by atoms with Crippen molar-refractivity contribution in [2.24, 2.45) is 0 Å². The van der Waals surface area contributed by atoms with Crippen molar-refractivity contribution >= 4 is 23.5 Å². The molecule has 1 aliphatic carbocycles. The first kappa shape index (κ1) is 15.2. The first-order chi connectivity index (χ1) is 10.6. The molecule has 1 N–H and O–H groups in total. The van der Waals surface area contributed by atoms with Crippen LogP contribution in [0.25, 0.3) is 0 Å². The molecule has 1 aliphatic heterocycles. The van der Waals surface area contributed by atoms with Crippen LogP contribution in [0.2, 0.25) is 5.02 Å². The molecule has 1 saturated heterocycles. The number of amides is 3. The van der Waals surface area contributed by atoms with Gasteiger partial charge < -0.3 is 10.1 Å². The molecule has 118 valence electrons. The molecule has 1 aromatic rings. The summed E-state index contributed by atoms with van der Waals surface area (Å²) in [5.74, 6) is 0.448. The summed E-state index contributed by atoms with van der Waals surface area (Å²) in [6, 6.07) is 6.83. The van der Waals surface area contributed by atoms with E-state index in [4.69, 9.17) is 16.3 Å². The van der Waals surface area contributed by atoms with Crippen LogP contribution in [0.3, 0.4) is 0 Å². The Morgan fingerprint density at radius 3 is 2.64 bits per heavy atom. The van der Waals surface area contributed by atoms with E-state index < -0.39 is 5.54 Å². The number of nitrogens with zero attached hydrogens (tertiary/aromatic N) is 1. The summed E-state index contributed by atoms with van der Waals surface area (Å²) in [5.41, 5.74) is -0.667. The molecule has 3 amide bonds. The number of ether oxygens (including phenoxy) is 1. The van der Waals surface area contributed by atoms with Crippen molar-refractivity contribution in [1.82, 2.24) is 10.2 Å². The monoisotopic (exact) mass is 322 g/mol. The van der Waals surface area contributed by atoms with Gasteiger partial charge in [0.1, 0.15) is 17.9 Å². The Bertz CT molecular complexity index is 585. The zero-order valence-corrected chi connectivity index (χ0v) is 13.1. The number of carbonyl (C=O) groups is 2. The Hall–Kier alpha value is -1.75. The number of halogens is 1. The summed E-state index contributed by atoms with van der Waals surface area (Å²) < 4.78 is 5.57. The maximum absolute atomic E-state index is 12.6. The fraction of sp³-hybridized carbons (Fsp3) is 0.500. The van der Waals surface area contributed by atoms with E-state index in [0.717, 1.165) is 32.1 Å². The Kier molecular flexibility index (Phi) is 4.25. The van der Waals surface area contributed by atoms with E-state index in [2.05, 4.69) is 5.32 Å². The van der Waals surface area contributed by atoms with E-state index >= 15 is 0 Å². The van der Waals surface area contributed by atoms with Crippen molar-refractivity contribution in [3.05, 3.63) is 29.3 Å². The van der Waals surface area contributed by atoms with Gasteiger partial charge >= 0.3 is 6.03 Å². The first-order valence-corrected chi connectivity index (χ1v) is 8.02. The van der Waals surface area contributed by atoms with Crippen molar-refractivity contribution < 1.29 is 14.3 Å². The van der Waals surface area contributed by atoms with Gasteiger partial charge in [0.25, 0.3) is 5.91 Å². The molecule has 1 spiro atoms. The third kappa shape index (κ3) is 2.77. The van der Waals surface area contributed by atoms with E-state index in [9.17, 15) is 9.59 Å². The zero-order valence-electron chi connectivity index (χ0n) is 12.3. The minimum atomic E-state index is -0.667. The van der Waals surface area contributed by atoms with Crippen molar-refractivity contribution in [2.45, 2.75) is 37.6 Å². The third-order valence-electron chi connectivity index (χ3n) is 4.36. The molecule has 0 bridgehead atoms. The van der Waals surface area contributed by atoms with Gasteiger partial charge in [-0.25, -0.2) is 4.79 Å². The molecule has 2 fully saturated rings. The molecule has 0 unspecified atom stereocenters. The van der Waals surface area contributed by atoms with E-state index in [0.29, 0.717) is 10.8 Å². The minimum absolute atomic E-state index is 0.111. The van der Waals surface area contributed by atoms with Gasteiger partial charge in [0.15, 0.2) is 0 Å². The lowest BCUT2D eigenvalue weighted by molar-refractivity contribution is -0.132. The van der Waals surface area contributed by atoms with E-state index in [1.165, 1.54) is 4.90 Å². The fourth-order valence-corrected chi connectivity index (χ4v) is 3.37. The van der Waals surface area contributed by atoms with Crippen LogP contribution >= 0.6 is 11.6 Å². The van der Waals surface area contributed by atoms with Crippen LogP contribution < -0.4 is 10.1 Å². The molecule has 2 aliphatic rings. The summed E-state index contributed by atoms with van der Waals surface area (Å²) in [4.78, 5) is 25.9. The van der Waals surface area contributed by atoms with Crippen molar-refractivity contribution in [3.63, 3.8) is 0 Å². The highest BCUT2D eigenvalue weighted by Gasteiger charge is 2.50. The largest absolute Gasteiger partial charge is 0.490 e. The lowest BCUT2D eigenvalue weighted by Gasteiger charge is -2.30. The minimum Gasteiger partial charge on any atom is -0.490 e. The molecule has 22 heavy (non-hydrogen) atoms. The average molecular weight is 323 g/mol. The number of hydrogen-bond donors (Lipinski definition) is 1. The van der Waals surface area contributed by atoms with Crippen molar-refractivity contribution in [1.29, 1.82) is 0 Å². The molecule has 0 atom stereocenters. The number of nitrogens with one attached hydrogen (secondary N) is 1. The fourth-order valence-electron chi connectivity index (χ4n) is 3.18. The lowest BCUT2D eigenvalue weighted by Crippen LogP contribution is -2.48. The van der Waals surface area contributed by atoms with Gasteiger partial charge in [-0.2, -0.15) is 0 Å². The predicted molar refractivity (Wildman–Crippen MR) is 83.0 cm³/mol. The number of benzene rings is 1. The number of rotatable bonds is 4. The second-order valence-corrected chi connectivity index (χ2v) is 6.22. The first-order valence-electron chi connectivity index (χ1n) is 7.64. The van der Waals surface area contributed by atoms with E-state index in [1.807, 2.05) is 12.1 Å². The van der Waals surface area contributed by atoms with Crippen LogP contribution in [0, 0.1) is 0 Å².